The Morgan fingerprint density at radius 3 is 2.32 bits per heavy atom. The highest BCUT2D eigenvalue weighted by Crippen LogP contribution is 2.41. The lowest BCUT2D eigenvalue weighted by Crippen LogP contribution is -2.26. The second-order valence-electron chi connectivity index (χ2n) is 12.8. The average molecular weight is 682 g/mol. The summed E-state index contributed by atoms with van der Waals surface area (Å²) >= 11 is 0. The number of allylic oxidation sites excluding steroid dienone is 6. The number of ether oxygens (including phenoxy) is 1. The second kappa shape index (κ2) is 13.2. The third-order valence-corrected chi connectivity index (χ3v) is 9.96. The summed E-state index contributed by atoms with van der Waals surface area (Å²) < 4.78 is 70.3. The molecule has 1 aliphatic carbocycles. The SMILES string of the molecule is CC1=NN(c2ccc(S(=O)(=O)O)cc2)C(=O)C1=C1C=C(C=CC=C2OCC(c3ccc(C)cc3)N2CCCS(=O)(=O)O)CC(C)(C)C1. The van der Waals surface area contributed by atoms with Crippen LogP contribution in [0.5, 0.6) is 0 Å². The molecule has 47 heavy (non-hydrogen) atoms. The maximum Gasteiger partial charge on any atom is 0.294 e. The third-order valence-electron chi connectivity index (χ3n) is 8.29. The Morgan fingerprint density at radius 2 is 1.68 bits per heavy atom. The van der Waals surface area contributed by atoms with E-state index < -0.39 is 20.2 Å². The van der Waals surface area contributed by atoms with E-state index in [1.807, 2.05) is 60.4 Å². The number of aryl methyl sites for hydroxylation is 1. The van der Waals surface area contributed by atoms with Gasteiger partial charge < -0.3 is 9.64 Å². The minimum absolute atomic E-state index is 0.108. The zero-order valence-electron chi connectivity index (χ0n) is 26.8. The Morgan fingerprint density at radius 1 is 1.00 bits per heavy atom. The Labute approximate surface area is 276 Å². The van der Waals surface area contributed by atoms with E-state index in [2.05, 4.69) is 18.9 Å². The van der Waals surface area contributed by atoms with Crippen LogP contribution in [-0.4, -0.2) is 61.4 Å². The van der Waals surface area contributed by atoms with Crippen LogP contribution >= 0.6 is 0 Å². The van der Waals surface area contributed by atoms with Gasteiger partial charge in [-0.25, -0.2) is 0 Å². The maximum atomic E-state index is 13.6. The van der Waals surface area contributed by atoms with Crippen molar-refractivity contribution in [3.05, 3.63) is 107 Å². The summed E-state index contributed by atoms with van der Waals surface area (Å²) in [6, 6.07) is 13.3. The van der Waals surface area contributed by atoms with E-state index in [-0.39, 0.29) is 34.4 Å². The molecule has 2 aromatic rings. The van der Waals surface area contributed by atoms with Gasteiger partial charge in [0, 0.05) is 6.54 Å². The van der Waals surface area contributed by atoms with E-state index in [9.17, 15) is 30.7 Å². The fourth-order valence-electron chi connectivity index (χ4n) is 6.17. The molecule has 11 nitrogen and oxygen atoms in total. The molecule has 3 aliphatic rings. The van der Waals surface area contributed by atoms with Crippen LogP contribution in [0.15, 0.2) is 105 Å². The first kappa shape index (κ1) is 34.3. The topological polar surface area (TPSA) is 154 Å². The van der Waals surface area contributed by atoms with Gasteiger partial charge in [-0.3, -0.25) is 13.9 Å². The molecule has 0 aromatic heterocycles. The Bertz CT molecular complexity index is 1920. The van der Waals surface area contributed by atoms with E-state index in [0.29, 0.717) is 42.4 Å². The fraction of sp³-hybridized carbons (Fsp3) is 0.353. The van der Waals surface area contributed by atoms with Crippen LogP contribution in [0.2, 0.25) is 0 Å². The first-order valence-electron chi connectivity index (χ1n) is 15.2. The van der Waals surface area contributed by atoms with Crippen molar-refractivity contribution in [3.63, 3.8) is 0 Å². The predicted octanol–water partition coefficient (Wildman–Crippen LogP) is 5.76. The molecule has 2 heterocycles. The summed E-state index contributed by atoms with van der Waals surface area (Å²) in [5.41, 5.74) is 5.29. The number of carbonyl (C=O) groups is 1. The molecular weight excluding hydrogens is 643 g/mol. The highest BCUT2D eigenvalue weighted by Gasteiger charge is 2.35. The summed E-state index contributed by atoms with van der Waals surface area (Å²) in [4.78, 5) is 15.3. The minimum Gasteiger partial charge on any atom is -0.476 e. The lowest BCUT2D eigenvalue weighted by molar-refractivity contribution is -0.114. The number of nitrogens with zero attached hydrogens (tertiary/aromatic N) is 3. The van der Waals surface area contributed by atoms with Gasteiger partial charge in [0.1, 0.15) is 6.61 Å². The van der Waals surface area contributed by atoms with Crippen molar-refractivity contribution in [2.45, 2.75) is 57.9 Å². The number of benzene rings is 2. The van der Waals surface area contributed by atoms with Crippen LogP contribution in [-0.2, 0) is 29.8 Å². The van der Waals surface area contributed by atoms with Gasteiger partial charge in [0.05, 0.1) is 33.7 Å². The average Bonchev–Trinajstić information content (AvgIpc) is 3.50. The van der Waals surface area contributed by atoms with Crippen LogP contribution in [0.1, 0.15) is 57.2 Å². The predicted molar refractivity (Wildman–Crippen MR) is 180 cm³/mol. The molecule has 0 spiro atoms. The third kappa shape index (κ3) is 8.28. The first-order chi connectivity index (χ1) is 22.0. The van der Waals surface area contributed by atoms with Gasteiger partial charge in [-0.1, -0.05) is 61.9 Å². The van der Waals surface area contributed by atoms with Crippen LogP contribution in [0.4, 0.5) is 5.69 Å². The number of carbonyl (C=O) groups excluding carboxylic acids is 1. The largest absolute Gasteiger partial charge is 0.476 e. The van der Waals surface area contributed by atoms with E-state index in [4.69, 9.17) is 4.74 Å². The Hall–Kier alpha value is -4.04. The van der Waals surface area contributed by atoms with Crippen molar-refractivity contribution in [3.8, 4) is 0 Å². The van der Waals surface area contributed by atoms with Gasteiger partial charge >= 0.3 is 0 Å². The summed E-state index contributed by atoms with van der Waals surface area (Å²) in [5, 5.41) is 5.69. The van der Waals surface area contributed by atoms with Gasteiger partial charge in [-0.05, 0) is 85.6 Å². The molecule has 2 N–H and O–H groups in total. The van der Waals surface area contributed by atoms with Crippen molar-refractivity contribution < 1.29 is 35.5 Å². The number of hydrogen-bond donors (Lipinski definition) is 2. The number of amides is 1. The molecule has 1 fully saturated rings. The van der Waals surface area contributed by atoms with Crippen molar-refractivity contribution in [2.24, 2.45) is 10.5 Å². The number of rotatable bonds is 9. The summed E-state index contributed by atoms with van der Waals surface area (Å²) in [7, 11) is -8.46. The normalized spacial score (nSPS) is 22.6. The molecule has 5 rings (SSSR count). The van der Waals surface area contributed by atoms with Gasteiger partial charge in [-0.15, -0.1) is 0 Å². The zero-order chi connectivity index (χ0) is 34.1. The van der Waals surface area contributed by atoms with E-state index >= 15 is 0 Å². The van der Waals surface area contributed by atoms with Crippen molar-refractivity contribution in [1.82, 2.24) is 4.90 Å². The second-order valence-corrected chi connectivity index (χ2v) is 15.8. The smallest absolute Gasteiger partial charge is 0.294 e. The van der Waals surface area contributed by atoms with E-state index in [0.717, 1.165) is 28.7 Å². The van der Waals surface area contributed by atoms with Crippen LogP contribution < -0.4 is 5.01 Å². The minimum atomic E-state index is -4.37. The van der Waals surface area contributed by atoms with Gasteiger partial charge in [0.15, 0.2) is 5.88 Å². The zero-order valence-corrected chi connectivity index (χ0v) is 28.4. The molecule has 1 saturated heterocycles. The van der Waals surface area contributed by atoms with Crippen molar-refractivity contribution in [2.75, 3.05) is 23.9 Å². The maximum absolute atomic E-state index is 13.6. The summed E-state index contributed by atoms with van der Waals surface area (Å²) in [5.74, 6) is -0.0685. The van der Waals surface area contributed by atoms with Gasteiger partial charge in [0.25, 0.3) is 26.1 Å². The van der Waals surface area contributed by atoms with Crippen molar-refractivity contribution in [1.29, 1.82) is 0 Å². The molecule has 2 aromatic carbocycles. The number of hydrazone groups is 1. The summed E-state index contributed by atoms with van der Waals surface area (Å²) in [6.07, 6.45) is 9.37. The fourth-order valence-corrected chi connectivity index (χ4v) is 7.14. The monoisotopic (exact) mass is 681 g/mol. The Kier molecular flexibility index (Phi) is 9.65. The van der Waals surface area contributed by atoms with E-state index in [1.54, 1.807) is 6.92 Å². The van der Waals surface area contributed by atoms with Crippen molar-refractivity contribution >= 4 is 37.5 Å². The molecule has 1 amide bonds. The first-order valence-corrected chi connectivity index (χ1v) is 18.3. The molecule has 13 heteroatoms. The molecule has 0 saturated carbocycles. The van der Waals surface area contributed by atoms with Gasteiger partial charge in [0.2, 0.25) is 0 Å². The summed E-state index contributed by atoms with van der Waals surface area (Å²) in [6.45, 7) is 8.82. The molecular formula is C34H39N3O8S2. The molecule has 250 valence electrons. The van der Waals surface area contributed by atoms with E-state index in [1.165, 1.54) is 29.3 Å². The highest BCUT2D eigenvalue weighted by atomic mass is 32.2. The van der Waals surface area contributed by atoms with Crippen LogP contribution in [0.25, 0.3) is 0 Å². The lowest BCUT2D eigenvalue weighted by atomic mass is 9.73. The molecule has 2 aliphatic heterocycles. The van der Waals surface area contributed by atoms with Gasteiger partial charge in [-0.2, -0.15) is 26.9 Å². The lowest BCUT2D eigenvalue weighted by Gasteiger charge is -2.31. The number of hydrogen-bond acceptors (Lipinski definition) is 8. The standard InChI is InChI=1S/C34H39N3O8S2/c1-23-9-11-26(12-10-23)30-22-45-31(36(30)17-6-18-46(39,40)41)8-5-7-25-19-27(21-34(3,4)20-25)32-24(2)35-37(33(32)38)28-13-15-29(16-14-28)47(42,43)44/h5,7-16,19,30H,6,17-18,20-22H2,1-4H3,(H,39,40,41)(H,42,43,44). The van der Waals surface area contributed by atoms with Crippen LogP contribution in [0.3, 0.4) is 0 Å². The Balaban J connectivity index is 1.40. The highest BCUT2D eigenvalue weighted by molar-refractivity contribution is 7.86. The quantitative estimate of drug-likeness (QED) is 0.249. The molecule has 0 bridgehead atoms. The van der Waals surface area contributed by atoms with Crippen LogP contribution in [0, 0.1) is 12.3 Å². The molecule has 1 unspecified atom stereocenters. The molecule has 1 atom stereocenters. The number of anilines is 1. The molecule has 0 radical (unpaired) electrons.